The van der Waals surface area contributed by atoms with Gasteiger partial charge in [-0.2, -0.15) is 0 Å². The molecule has 0 aliphatic rings. The SMILES string of the molecule is O=C(NNC(=S)NC(=O)c1cccc([N+](=O)[O-])c1)c1ccc(OCc2ccccc2)cc1. The molecular formula is C22H18N4O5S. The standard InChI is InChI=1S/C22H18N4O5S/c27-20(17-7-4-8-18(13-17)26(29)30)23-22(32)25-24-21(28)16-9-11-19(12-10-16)31-14-15-5-2-1-3-6-15/h1-13H,14H2,(H,24,28)(H2,23,25,27,32). The molecule has 0 aliphatic heterocycles. The second-order valence-electron chi connectivity index (χ2n) is 6.47. The molecule has 162 valence electrons. The van der Waals surface area contributed by atoms with Crippen LogP contribution in [0.2, 0.25) is 0 Å². The van der Waals surface area contributed by atoms with E-state index in [1.54, 1.807) is 24.3 Å². The average Bonchev–Trinajstić information content (AvgIpc) is 2.82. The van der Waals surface area contributed by atoms with E-state index in [1.165, 1.54) is 18.2 Å². The molecule has 2 amide bonds. The van der Waals surface area contributed by atoms with Gasteiger partial charge in [-0.25, -0.2) is 0 Å². The van der Waals surface area contributed by atoms with Crippen molar-refractivity contribution in [2.75, 3.05) is 0 Å². The zero-order chi connectivity index (χ0) is 22.9. The van der Waals surface area contributed by atoms with Crippen molar-refractivity contribution in [3.63, 3.8) is 0 Å². The molecule has 0 bridgehead atoms. The number of amides is 2. The number of hydrogen-bond donors (Lipinski definition) is 3. The van der Waals surface area contributed by atoms with Crippen molar-refractivity contribution in [2.24, 2.45) is 0 Å². The van der Waals surface area contributed by atoms with Crippen LogP contribution in [0.4, 0.5) is 5.69 Å². The van der Waals surface area contributed by atoms with Gasteiger partial charge in [0.2, 0.25) is 0 Å². The molecule has 0 atom stereocenters. The topological polar surface area (TPSA) is 123 Å². The Kier molecular flexibility index (Phi) is 7.44. The molecule has 0 unspecified atom stereocenters. The van der Waals surface area contributed by atoms with Crippen LogP contribution in [0.15, 0.2) is 78.9 Å². The maximum Gasteiger partial charge on any atom is 0.270 e. The quantitative estimate of drug-likeness (QED) is 0.300. The predicted molar refractivity (Wildman–Crippen MR) is 121 cm³/mol. The molecule has 0 saturated carbocycles. The van der Waals surface area contributed by atoms with Crippen molar-refractivity contribution in [1.82, 2.24) is 16.2 Å². The zero-order valence-corrected chi connectivity index (χ0v) is 17.4. The highest BCUT2D eigenvalue weighted by molar-refractivity contribution is 7.80. The van der Waals surface area contributed by atoms with Gasteiger partial charge in [-0.1, -0.05) is 36.4 Å². The number of ether oxygens (including phenoxy) is 1. The largest absolute Gasteiger partial charge is 0.489 e. The van der Waals surface area contributed by atoms with Gasteiger partial charge < -0.3 is 4.74 Å². The molecule has 10 heteroatoms. The molecule has 3 aromatic rings. The van der Waals surface area contributed by atoms with Gasteiger partial charge in [0.05, 0.1) is 4.92 Å². The molecule has 0 saturated heterocycles. The smallest absolute Gasteiger partial charge is 0.270 e. The monoisotopic (exact) mass is 450 g/mol. The molecule has 3 aromatic carbocycles. The first-order valence-corrected chi connectivity index (χ1v) is 9.76. The van der Waals surface area contributed by atoms with Gasteiger partial charge in [-0.15, -0.1) is 0 Å². The highest BCUT2D eigenvalue weighted by Gasteiger charge is 2.13. The molecule has 0 fully saturated rings. The Morgan fingerprint density at radius 2 is 1.59 bits per heavy atom. The Hall–Kier alpha value is -4.31. The van der Waals surface area contributed by atoms with Gasteiger partial charge in [0.25, 0.3) is 17.5 Å². The lowest BCUT2D eigenvalue weighted by Crippen LogP contribution is -2.48. The van der Waals surface area contributed by atoms with Crippen molar-refractivity contribution in [1.29, 1.82) is 0 Å². The van der Waals surface area contributed by atoms with Crippen molar-refractivity contribution < 1.29 is 19.2 Å². The third kappa shape index (κ3) is 6.34. The summed E-state index contributed by atoms with van der Waals surface area (Å²) in [5.74, 6) is -0.523. The predicted octanol–water partition coefficient (Wildman–Crippen LogP) is 3.12. The number of nitro benzene ring substituents is 1. The summed E-state index contributed by atoms with van der Waals surface area (Å²) < 4.78 is 5.68. The van der Waals surface area contributed by atoms with E-state index < -0.39 is 16.7 Å². The number of benzene rings is 3. The molecule has 9 nitrogen and oxygen atoms in total. The van der Waals surface area contributed by atoms with Crippen LogP contribution >= 0.6 is 12.2 Å². The Bertz CT molecular complexity index is 1140. The summed E-state index contributed by atoms with van der Waals surface area (Å²) in [6.45, 7) is 0.409. The number of carbonyl (C=O) groups excluding carboxylic acids is 2. The Labute approximate surface area is 188 Å². The third-order valence-corrected chi connectivity index (χ3v) is 4.40. The van der Waals surface area contributed by atoms with Gasteiger partial charge in [0, 0.05) is 23.3 Å². The maximum atomic E-state index is 12.3. The number of rotatable bonds is 6. The highest BCUT2D eigenvalue weighted by Crippen LogP contribution is 2.14. The van der Waals surface area contributed by atoms with E-state index in [0.717, 1.165) is 11.6 Å². The van der Waals surface area contributed by atoms with Crippen LogP contribution in [0.1, 0.15) is 26.3 Å². The van der Waals surface area contributed by atoms with E-state index in [-0.39, 0.29) is 16.4 Å². The summed E-state index contributed by atoms with van der Waals surface area (Å²) in [4.78, 5) is 34.6. The summed E-state index contributed by atoms with van der Waals surface area (Å²) in [6, 6.07) is 21.4. The lowest BCUT2D eigenvalue weighted by molar-refractivity contribution is -0.384. The molecule has 0 heterocycles. The maximum absolute atomic E-state index is 12.3. The zero-order valence-electron chi connectivity index (χ0n) is 16.6. The van der Waals surface area contributed by atoms with E-state index in [4.69, 9.17) is 17.0 Å². The van der Waals surface area contributed by atoms with Gasteiger partial charge >= 0.3 is 0 Å². The third-order valence-electron chi connectivity index (χ3n) is 4.20. The average molecular weight is 450 g/mol. The van der Waals surface area contributed by atoms with Crippen LogP contribution in [0.3, 0.4) is 0 Å². The van der Waals surface area contributed by atoms with Crippen LogP contribution in [0.5, 0.6) is 5.75 Å². The molecule has 32 heavy (non-hydrogen) atoms. The molecule has 3 N–H and O–H groups in total. The lowest BCUT2D eigenvalue weighted by atomic mass is 10.2. The van der Waals surface area contributed by atoms with Crippen LogP contribution in [0, 0.1) is 10.1 Å². The number of non-ortho nitro benzene ring substituents is 1. The fourth-order valence-corrected chi connectivity index (χ4v) is 2.74. The Morgan fingerprint density at radius 3 is 2.28 bits per heavy atom. The second kappa shape index (κ2) is 10.6. The van der Waals surface area contributed by atoms with Gasteiger partial charge in [-0.05, 0) is 48.1 Å². The fourth-order valence-electron chi connectivity index (χ4n) is 2.60. The first-order chi connectivity index (χ1) is 15.4. The van der Waals surface area contributed by atoms with E-state index >= 15 is 0 Å². The van der Waals surface area contributed by atoms with Crippen molar-refractivity contribution >= 4 is 34.8 Å². The van der Waals surface area contributed by atoms with Crippen LogP contribution in [-0.4, -0.2) is 21.9 Å². The van der Waals surface area contributed by atoms with Crippen LogP contribution in [-0.2, 0) is 6.61 Å². The van der Waals surface area contributed by atoms with E-state index in [2.05, 4.69) is 16.2 Å². The Balaban J connectivity index is 1.47. The summed E-state index contributed by atoms with van der Waals surface area (Å²) in [7, 11) is 0. The van der Waals surface area contributed by atoms with Crippen LogP contribution < -0.4 is 20.9 Å². The number of carbonyl (C=O) groups is 2. The summed E-state index contributed by atoms with van der Waals surface area (Å²) in [6.07, 6.45) is 0. The normalized spacial score (nSPS) is 10.0. The minimum absolute atomic E-state index is 0.0563. The number of nitrogens with one attached hydrogen (secondary N) is 3. The molecule has 3 rings (SSSR count). The first-order valence-electron chi connectivity index (χ1n) is 9.35. The first kappa shape index (κ1) is 22.4. The van der Waals surface area contributed by atoms with Gasteiger partial charge in [0.15, 0.2) is 5.11 Å². The van der Waals surface area contributed by atoms with E-state index in [9.17, 15) is 19.7 Å². The number of thiocarbonyl (C=S) groups is 1. The summed E-state index contributed by atoms with van der Waals surface area (Å²) in [5.41, 5.74) is 5.99. The van der Waals surface area contributed by atoms with Gasteiger partial charge in [0.1, 0.15) is 12.4 Å². The van der Waals surface area contributed by atoms with Crippen molar-refractivity contribution in [3.05, 3.63) is 106 Å². The molecule has 0 aromatic heterocycles. The Morgan fingerprint density at radius 1 is 0.875 bits per heavy atom. The molecule has 0 aliphatic carbocycles. The highest BCUT2D eigenvalue weighted by atomic mass is 32.1. The minimum atomic E-state index is -0.652. The molecular weight excluding hydrogens is 432 g/mol. The van der Waals surface area contributed by atoms with Gasteiger partial charge in [-0.3, -0.25) is 35.9 Å². The van der Waals surface area contributed by atoms with E-state index in [0.29, 0.717) is 17.9 Å². The summed E-state index contributed by atoms with van der Waals surface area (Å²) >= 11 is 4.97. The number of nitro groups is 1. The lowest BCUT2D eigenvalue weighted by Gasteiger charge is -2.11. The fraction of sp³-hybridized carbons (Fsp3) is 0.0455. The number of nitrogens with zero attached hydrogens (tertiary/aromatic N) is 1. The number of hydrazine groups is 1. The minimum Gasteiger partial charge on any atom is -0.489 e. The van der Waals surface area contributed by atoms with E-state index in [1.807, 2.05) is 30.3 Å². The molecule has 0 radical (unpaired) electrons. The van der Waals surface area contributed by atoms with Crippen molar-refractivity contribution in [2.45, 2.75) is 6.61 Å². The van der Waals surface area contributed by atoms with Crippen LogP contribution in [0.25, 0.3) is 0 Å². The summed E-state index contributed by atoms with van der Waals surface area (Å²) in [5, 5.41) is 13.0. The second-order valence-corrected chi connectivity index (χ2v) is 6.88. The molecule has 0 spiro atoms. The van der Waals surface area contributed by atoms with Crippen molar-refractivity contribution in [3.8, 4) is 5.75 Å². The number of hydrogen-bond acceptors (Lipinski definition) is 6.